The van der Waals surface area contributed by atoms with Crippen LogP contribution in [0.2, 0.25) is 0 Å². The van der Waals surface area contributed by atoms with E-state index in [0.29, 0.717) is 12.5 Å². The van der Waals surface area contributed by atoms with E-state index in [1.165, 1.54) is 25.9 Å². The van der Waals surface area contributed by atoms with Crippen molar-refractivity contribution in [1.82, 2.24) is 10.2 Å². The van der Waals surface area contributed by atoms with E-state index < -0.39 is 0 Å². The highest BCUT2D eigenvalue weighted by Crippen LogP contribution is 2.09. The third-order valence-electron chi connectivity index (χ3n) is 2.66. The first-order valence-electron chi connectivity index (χ1n) is 5.58. The van der Waals surface area contributed by atoms with E-state index in [-0.39, 0.29) is 12.3 Å². The molecule has 0 aliphatic carbocycles. The van der Waals surface area contributed by atoms with Crippen LogP contribution < -0.4 is 5.32 Å². The fourth-order valence-electron chi connectivity index (χ4n) is 1.89. The molecule has 84 valence electrons. The fourth-order valence-corrected chi connectivity index (χ4v) is 1.89. The van der Waals surface area contributed by atoms with Gasteiger partial charge in [0, 0.05) is 13.1 Å². The zero-order chi connectivity index (χ0) is 11.1. The summed E-state index contributed by atoms with van der Waals surface area (Å²) in [4.78, 5) is 13.5. The van der Waals surface area contributed by atoms with Crippen LogP contribution in [0.3, 0.4) is 0 Å². The van der Waals surface area contributed by atoms with Crippen LogP contribution in [-0.2, 0) is 4.79 Å². The summed E-state index contributed by atoms with van der Waals surface area (Å²) in [5.74, 6) is 0.302. The summed E-state index contributed by atoms with van der Waals surface area (Å²) in [5, 5.41) is 11.1. The lowest BCUT2D eigenvalue weighted by Gasteiger charge is -2.20. The van der Waals surface area contributed by atoms with Crippen LogP contribution in [0.1, 0.15) is 26.2 Å². The van der Waals surface area contributed by atoms with Crippen LogP contribution in [0.4, 0.5) is 0 Å². The lowest BCUT2D eigenvalue weighted by Crippen LogP contribution is -2.34. The highest BCUT2D eigenvalue weighted by atomic mass is 16.1. The predicted molar refractivity (Wildman–Crippen MR) is 58.1 cm³/mol. The monoisotopic (exact) mass is 209 g/mol. The Hall–Kier alpha value is -1.08. The molecule has 15 heavy (non-hydrogen) atoms. The third kappa shape index (κ3) is 4.80. The van der Waals surface area contributed by atoms with Crippen molar-refractivity contribution in [3.8, 4) is 6.07 Å². The standard InChI is InChI=1S/C11H19N3O/c1-10(8-13-11(15)4-5-12)9-14-6-2-3-7-14/h10H,2-4,6-9H2,1H3,(H,13,15). The summed E-state index contributed by atoms with van der Waals surface area (Å²) in [6, 6.07) is 1.84. The van der Waals surface area contributed by atoms with E-state index in [4.69, 9.17) is 5.26 Å². The van der Waals surface area contributed by atoms with Crippen LogP contribution in [0.15, 0.2) is 0 Å². The molecule has 0 bridgehead atoms. The number of nitriles is 1. The summed E-state index contributed by atoms with van der Waals surface area (Å²) in [5.41, 5.74) is 0. The average molecular weight is 209 g/mol. The van der Waals surface area contributed by atoms with Crippen molar-refractivity contribution in [2.75, 3.05) is 26.2 Å². The van der Waals surface area contributed by atoms with Gasteiger partial charge in [-0.3, -0.25) is 4.79 Å². The first-order valence-corrected chi connectivity index (χ1v) is 5.58. The molecule has 1 aliphatic heterocycles. The number of rotatable bonds is 5. The Morgan fingerprint density at radius 1 is 1.53 bits per heavy atom. The Kier molecular flexibility index (Phi) is 5.13. The van der Waals surface area contributed by atoms with Crippen LogP contribution in [0.5, 0.6) is 0 Å². The molecule has 0 aromatic rings. The lowest BCUT2D eigenvalue weighted by atomic mass is 10.1. The molecule has 0 radical (unpaired) electrons. The van der Waals surface area contributed by atoms with Crippen LogP contribution in [0.25, 0.3) is 0 Å². The summed E-state index contributed by atoms with van der Waals surface area (Å²) in [7, 11) is 0. The lowest BCUT2D eigenvalue weighted by molar-refractivity contribution is -0.120. The molecule has 1 N–H and O–H groups in total. The number of carbonyl (C=O) groups excluding carboxylic acids is 1. The number of hydrogen-bond donors (Lipinski definition) is 1. The first-order chi connectivity index (χ1) is 7.22. The molecule has 0 aromatic carbocycles. The molecule has 4 nitrogen and oxygen atoms in total. The second kappa shape index (κ2) is 6.41. The van der Waals surface area contributed by atoms with Gasteiger partial charge in [0.1, 0.15) is 6.42 Å². The van der Waals surface area contributed by atoms with Crippen molar-refractivity contribution in [3.63, 3.8) is 0 Å². The quantitative estimate of drug-likeness (QED) is 0.727. The maximum Gasteiger partial charge on any atom is 0.234 e. The van der Waals surface area contributed by atoms with Gasteiger partial charge < -0.3 is 10.2 Å². The third-order valence-corrected chi connectivity index (χ3v) is 2.66. The molecule has 1 heterocycles. The Morgan fingerprint density at radius 2 is 2.20 bits per heavy atom. The molecule has 1 amide bonds. The van der Waals surface area contributed by atoms with Crippen molar-refractivity contribution < 1.29 is 4.79 Å². The number of carbonyl (C=O) groups is 1. The molecular formula is C11H19N3O. The highest BCUT2D eigenvalue weighted by Gasteiger charge is 2.14. The minimum absolute atomic E-state index is 0.0313. The van der Waals surface area contributed by atoms with Gasteiger partial charge in [-0.1, -0.05) is 6.92 Å². The molecule has 0 aromatic heterocycles. The second-order valence-corrected chi connectivity index (χ2v) is 4.25. The van der Waals surface area contributed by atoms with E-state index in [0.717, 1.165) is 6.54 Å². The molecule has 0 spiro atoms. The van der Waals surface area contributed by atoms with E-state index in [1.54, 1.807) is 0 Å². The van der Waals surface area contributed by atoms with Gasteiger partial charge in [-0.05, 0) is 31.8 Å². The molecule has 1 aliphatic rings. The number of likely N-dealkylation sites (tertiary alicyclic amines) is 1. The highest BCUT2D eigenvalue weighted by molar-refractivity contribution is 5.77. The van der Waals surface area contributed by atoms with Gasteiger partial charge in [-0.2, -0.15) is 5.26 Å². The zero-order valence-corrected chi connectivity index (χ0v) is 9.33. The maximum absolute atomic E-state index is 11.0. The fraction of sp³-hybridized carbons (Fsp3) is 0.818. The van der Waals surface area contributed by atoms with Crippen molar-refractivity contribution in [1.29, 1.82) is 5.26 Å². The van der Waals surface area contributed by atoms with Crippen molar-refractivity contribution in [3.05, 3.63) is 0 Å². The number of nitrogens with zero attached hydrogens (tertiary/aromatic N) is 2. The molecule has 4 heteroatoms. The summed E-state index contributed by atoms with van der Waals surface area (Å²) >= 11 is 0. The Labute approximate surface area is 91.2 Å². The van der Waals surface area contributed by atoms with Gasteiger partial charge in [0.2, 0.25) is 5.91 Å². The Bertz CT molecular complexity index is 241. The van der Waals surface area contributed by atoms with Crippen LogP contribution in [-0.4, -0.2) is 37.0 Å². The van der Waals surface area contributed by atoms with Crippen molar-refractivity contribution in [2.45, 2.75) is 26.2 Å². The van der Waals surface area contributed by atoms with E-state index in [1.807, 2.05) is 6.07 Å². The van der Waals surface area contributed by atoms with Gasteiger partial charge in [-0.25, -0.2) is 0 Å². The maximum atomic E-state index is 11.0. The topological polar surface area (TPSA) is 56.1 Å². The van der Waals surface area contributed by atoms with Gasteiger partial charge in [-0.15, -0.1) is 0 Å². The summed E-state index contributed by atoms with van der Waals surface area (Å²) in [6.07, 6.45) is 2.57. The number of nitrogens with one attached hydrogen (secondary N) is 1. The Morgan fingerprint density at radius 3 is 2.80 bits per heavy atom. The molecular weight excluding hydrogens is 190 g/mol. The normalized spacial score (nSPS) is 18.4. The second-order valence-electron chi connectivity index (χ2n) is 4.25. The molecule has 1 atom stereocenters. The average Bonchev–Trinajstić information content (AvgIpc) is 2.68. The molecule has 0 saturated carbocycles. The van der Waals surface area contributed by atoms with E-state index >= 15 is 0 Å². The molecule has 1 unspecified atom stereocenters. The minimum atomic E-state index is -0.161. The molecule has 1 rings (SSSR count). The van der Waals surface area contributed by atoms with Gasteiger partial charge >= 0.3 is 0 Å². The summed E-state index contributed by atoms with van der Waals surface area (Å²) in [6.45, 7) is 6.24. The SMILES string of the molecule is CC(CNC(=O)CC#N)CN1CCCC1. The summed E-state index contributed by atoms with van der Waals surface area (Å²) < 4.78 is 0. The van der Waals surface area contributed by atoms with E-state index in [9.17, 15) is 4.79 Å². The number of hydrogen-bond acceptors (Lipinski definition) is 3. The van der Waals surface area contributed by atoms with Crippen molar-refractivity contribution >= 4 is 5.91 Å². The molecule has 1 fully saturated rings. The largest absolute Gasteiger partial charge is 0.355 e. The first kappa shape index (κ1) is 12.0. The minimum Gasteiger partial charge on any atom is -0.355 e. The van der Waals surface area contributed by atoms with Gasteiger partial charge in [0.25, 0.3) is 0 Å². The van der Waals surface area contributed by atoms with Gasteiger partial charge in [0.05, 0.1) is 6.07 Å². The smallest absolute Gasteiger partial charge is 0.234 e. The number of amides is 1. The van der Waals surface area contributed by atoms with Gasteiger partial charge in [0.15, 0.2) is 0 Å². The molecule has 1 saturated heterocycles. The zero-order valence-electron chi connectivity index (χ0n) is 9.33. The van der Waals surface area contributed by atoms with Crippen molar-refractivity contribution in [2.24, 2.45) is 5.92 Å². The van der Waals surface area contributed by atoms with E-state index in [2.05, 4.69) is 17.1 Å². The van der Waals surface area contributed by atoms with Crippen LogP contribution in [0, 0.1) is 17.2 Å². The predicted octanol–water partition coefficient (Wildman–Crippen LogP) is 0.748. The van der Waals surface area contributed by atoms with Crippen LogP contribution >= 0.6 is 0 Å². The Balaban J connectivity index is 2.10.